The van der Waals surface area contributed by atoms with Gasteiger partial charge >= 0.3 is 0 Å². The van der Waals surface area contributed by atoms with E-state index in [9.17, 15) is 0 Å². The van der Waals surface area contributed by atoms with Gasteiger partial charge in [-0.3, -0.25) is 4.90 Å². The van der Waals surface area contributed by atoms with E-state index in [2.05, 4.69) is 24.1 Å². The van der Waals surface area contributed by atoms with Gasteiger partial charge in [0.05, 0.1) is 0 Å². The Morgan fingerprint density at radius 1 is 1.06 bits per heavy atom. The lowest BCUT2D eigenvalue weighted by Crippen LogP contribution is -2.70. The summed E-state index contributed by atoms with van der Waals surface area (Å²) < 4.78 is 0. The van der Waals surface area contributed by atoms with Gasteiger partial charge in [0.1, 0.15) is 0 Å². The molecule has 0 bridgehead atoms. The van der Waals surface area contributed by atoms with Crippen molar-refractivity contribution < 1.29 is 0 Å². The molecule has 1 unspecified atom stereocenters. The van der Waals surface area contributed by atoms with Crippen molar-refractivity contribution in [3.8, 4) is 0 Å². The highest BCUT2D eigenvalue weighted by Gasteiger charge is 2.50. The summed E-state index contributed by atoms with van der Waals surface area (Å²) in [6.45, 7) is 7.39. The van der Waals surface area contributed by atoms with E-state index in [1.165, 1.54) is 70.9 Å². The number of nitrogens with zero attached hydrogens (tertiary/aromatic N) is 1. The molecule has 2 aliphatic carbocycles. The third kappa shape index (κ3) is 2.02. The summed E-state index contributed by atoms with van der Waals surface area (Å²) in [5.41, 5.74) is 1.00. The first-order valence-electron chi connectivity index (χ1n) is 8.22. The average Bonchev–Trinajstić information content (AvgIpc) is 3.02. The Labute approximate surface area is 113 Å². The van der Waals surface area contributed by atoms with Gasteiger partial charge in [-0.15, -0.1) is 0 Å². The van der Waals surface area contributed by atoms with Gasteiger partial charge in [-0.25, -0.2) is 0 Å². The van der Waals surface area contributed by atoms with E-state index in [0.717, 1.165) is 6.04 Å². The second-order valence-electron chi connectivity index (χ2n) is 7.16. The first-order chi connectivity index (χ1) is 8.70. The Kier molecular flexibility index (Phi) is 3.44. The van der Waals surface area contributed by atoms with E-state index < -0.39 is 0 Å². The summed E-state index contributed by atoms with van der Waals surface area (Å²) in [6.07, 6.45) is 12.8. The lowest BCUT2D eigenvalue weighted by atomic mass is 9.83. The highest BCUT2D eigenvalue weighted by atomic mass is 15.3. The van der Waals surface area contributed by atoms with E-state index in [1.807, 2.05) is 0 Å². The van der Waals surface area contributed by atoms with Crippen molar-refractivity contribution in [1.29, 1.82) is 0 Å². The largest absolute Gasteiger partial charge is 0.308 e. The van der Waals surface area contributed by atoms with Gasteiger partial charge < -0.3 is 5.32 Å². The van der Waals surface area contributed by atoms with Crippen LogP contribution in [0.25, 0.3) is 0 Å². The predicted octanol–water partition coefficient (Wildman–Crippen LogP) is 3.32. The molecule has 1 atom stereocenters. The van der Waals surface area contributed by atoms with E-state index in [4.69, 9.17) is 0 Å². The minimum absolute atomic E-state index is 0.483. The number of nitrogens with one attached hydrogen (secondary N) is 1. The number of hydrogen-bond acceptors (Lipinski definition) is 2. The molecule has 0 amide bonds. The molecular formula is C16H30N2. The van der Waals surface area contributed by atoms with Crippen molar-refractivity contribution in [2.24, 2.45) is 0 Å². The van der Waals surface area contributed by atoms with Crippen LogP contribution in [0.2, 0.25) is 0 Å². The molecule has 0 radical (unpaired) electrons. The minimum atomic E-state index is 0.483. The molecule has 0 aromatic carbocycles. The third-order valence-electron chi connectivity index (χ3n) is 6.09. The van der Waals surface area contributed by atoms with Crippen LogP contribution in [0.3, 0.4) is 0 Å². The second-order valence-corrected chi connectivity index (χ2v) is 7.16. The Hall–Kier alpha value is -0.0800. The first-order valence-corrected chi connectivity index (χ1v) is 8.22. The highest BCUT2D eigenvalue weighted by Crippen LogP contribution is 2.43. The molecule has 3 fully saturated rings. The van der Waals surface area contributed by atoms with Gasteiger partial charge in [-0.2, -0.15) is 0 Å². The van der Waals surface area contributed by atoms with Gasteiger partial charge in [0.25, 0.3) is 0 Å². The van der Waals surface area contributed by atoms with Crippen molar-refractivity contribution in [3.63, 3.8) is 0 Å². The molecule has 18 heavy (non-hydrogen) atoms. The molecule has 1 heterocycles. The Balaban J connectivity index is 1.81. The standard InChI is InChI=1S/C16H30N2/c1-3-14(2)18-13-15(8-4-5-9-15)17-12-16(18)10-6-7-11-16/h14,17H,3-13H2,1-2H3. The zero-order valence-corrected chi connectivity index (χ0v) is 12.3. The highest BCUT2D eigenvalue weighted by molar-refractivity contribution is 5.09. The van der Waals surface area contributed by atoms with Crippen LogP contribution in [-0.2, 0) is 0 Å². The molecule has 1 aliphatic heterocycles. The maximum atomic E-state index is 3.99. The van der Waals surface area contributed by atoms with Crippen LogP contribution >= 0.6 is 0 Å². The van der Waals surface area contributed by atoms with Gasteiger partial charge in [0.2, 0.25) is 0 Å². The first kappa shape index (κ1) is 12.9. The van der Waals surface area contributed by atoms with Crippen LogP contribution < -0.4 is 5.32 Å². The van der Waals surface area contributed by atoms with Crippen molar-refractivity contribution in [2.45, 2.75) is 88.8 Å². The number of hydrogen-bond donors (Lipinski definition) is 1. The SMILES string of the molecule is CCC(C)N1CC2(CCCC2)NCC12CCCC2. The van der Waals surface area contributed by atoms with Crippen LogP contribution in [0.1, 0.15) is 71.6 Å². The number of rotatable bonds is 2. The molecule has 2 nitrogen and oxygen atoms in total. The van der Waals surface area contributed by atoms with Crippen molar-refractivity contribution in [3.05, 3.63) is 0 Å². The molecule has 2 heteroatoms. The second kappa shape index (κ2) is 4.79. The summed E-state index contributed by atoms with van der Waals surface area (Å²) in [5.74, 6) is 0. The topological polar surface area (TPSA) is 15.3 Å². The third-order valence-corrected chi connectivity index (χ3v) is 6.09. The fraction of sp³-hybridized carbons (Fsp3) is 1.00. The zero-order valence-electron chi connectivity index (χ0n) is 12.3. The van der Waals surface area contributed by atoms with Crippen LogP contribution in [0.15, 0.2) is 0 Å². The van der Waals surface area contributed by atoms with Crippen LogP contribution in [-0.4, -0.2) is 35.1 Å². The quantitative estimate of drug-likeness (QED) is 0.809. The van der Waals surface area contributed by atoms with Crippen LogP contribution in [0, 0.1) is 0 Å². The summed E-state index contributed by atoms with van der Waals surface area (Å²) in [6, 6.07) is 0.766. The summed E-state index contributed by atoms with van der Waals surface area (Å²) in [5, 5.41) is 3.99. The molecule has 3 rings (SSSR count). The molecule has 0 aromatic rings. The molecule has 1 N–H and O–H groups in total. The zero-order chi connectivity index (χ0) is 12.6. The molecule has 1 saturated heterocycles. The molecule has 2 saturated carbocycles. The fourth-order valence-corrected chi connectivity index (χ4v) is 4.73. The maximum absolute atomic E-state index is 3.99. The smallest absolute Gasteiger partial charge is 0.0337 e. The van der Waals surface area contributed by atoms with E-state index >= 15 is 0 Å². The maximum Gasteiger partial charge on any atom is 0.0337 e. The van der Waals surface area contributed by atoms with Gasteiger partial charge in [0, 0.05) is 30.2 Å². The number of piperazine rings is 1. The van der Waals surface area contributed by atoms with Gasteiger partial charge in [-0.05, 0) is 39.0 Å². The lowest BCUT2D eigenvalue weighted by Gasteiger charge is -2.55. The minimum Gasteiger partial charge on any atom is -0.308 e. The molecule has 3 aliphatic rings. The Morgan fingerprint density at radius 2 is 1.67 bits per heavy atom. The summed E-state index contributed by atoms with van der Waals surface area (Å²) in [4.78, 5) is 2.92. The molecule has 104 valence electrons. The van der Waals surface area contributed by atoms with E-state index in [-0.39, 0.29) is 0 Å². The van der Waals surface area contributed by atoms with Crippen molar-refractivity contribution in [1.82, 2.24) is 10.2 Å². The summed E-state index contributed by atoms with van der Waals surface area (Å²) in [7, 11) is 0. The lowest BCUT2D eigenvalue weighted by molar-refractivity contribution is -0.0193. The monoisotopic (exact) mass is 250 g/mol. The van der Waals surface area contributed by atoms with E-state index in [0.29, 0.717) is 11.1 Å². The van der Waals surface area contributed by atoms with Crippen LogP contribution in [0.5, 0.6) is 0 Å². The summed E-state index contributed by atoms with van der Waals surface area (Å²) >= 11 is 0. The Morgan fingerprint density at radius 3 is 2.28 bits per heavy atom. The normalized spacial score (nSPS) is 32.3. The predicted molar refractivity (Wildman–Crippen MR) is 76.9 cm³/mol. The molecule has 2 spiro atoms. The van der Waals surface area contributed by atoms with Gasteiger partial charge in [0.15, 0.2) is 0 Å². The average molecular weight is 250 g/mol. The molecular weight excluding hydrogens is 220 g/mol. The van der Waals surface area contributed by atoms with Crippen molar-refractivity contribution >= 4 is 0 Å². The molecule has 0 aromatic heterocycles. The van der Waals surface area contributed by atoms with Crippen LogP contribution in [0.4, 0.5) is 0 Å². The van der Waals surface area contributed by atoms with E-state index in [1.54, 1.807) is 0 Å². The van der Waals surface area contributed by atoms with Gasteiger partial charge in [-0.1, -0.05) is 32.6 Å². The fourth-order valence-electron chi connectivity index (χ4n) is 4.73. The Bertz CT molecular complexity index is 287. The van der Waals surface area contributed by atoms with Crippen molar-refractivity contribution in [2.75, 3.05) is 13.1 Å².